The Morgan fingerprint density at radius 2 is 0.480 bits per heavy atom. The van der Waals surface area contributed by atoms with Crippen LogP contribution in [0, 0.1) is 11.8 Å². The minimum Gasteiger partial charge on any atom is -0.353 e. The number of hydrogen-bond donors (Lipinski definition) is 2. The standard InChI is InChI=1S/C96H102N2S2/c1-89(2,3)65-34-57(35-66(51-65)90(4,5)6)61-42-73-74-44-63(59-38-69(93(13,14)15)53-70(39-59)94(16,17)18)48-79-83-50-56(31-30-55-28-26-25-27-29-55)88(100-83)80-49-64(60-40-71(95(19,20)21)54-72(41-60)96(22,23)24)45-76-75-43-62(58-36-67(91(7,8)9)52-68(37-58)92(10,11)12)47-78(85(75)98-87(76)80)82-33-32-81(99-82)77(46-61)84(73)97-86(74)79/h25-29,32-54,97-98H,1-24H3. The summed E-state index contributed by atoms with van der Waals surface area (Å²) < 4.78 is 4.72. The van der Waals surface area contributed by atoms with Gasteiger partial charge in [-0.1, -0.05) is 269 Å². The summed E-state index contributed by atoms with van der Waals surface area (Å²) in [6, 6.07) is 67.4. The van der Waals surface area contributed by atoms with E-state index in [2.05, 4.69) is 358 Å². The van der Waals surface area contributed by atoms with Crippen molar-refractivity contribution < 1.29 is 0 Å². The third kappa shape index (κ3) is 12.9. The van der Waals surface area contributed by atoms with Crippen molar-refractivity contribution in [3.05, 3.63) is 225 Å². The van der Waals surface area contributed by atoms with Crippen LogP contribution in [0.25, 0.3) is 128 Å². The fourth-order valence-electron chi connectivity index (χ4n) is 14.4. The molecule has 0 aliphatic carbocycles. The summed E-state index contributed by atoms with van der Waals surface area (Å²) in [7, 11) is 0. The van der Waals surface area contributed by atoms with Crippen LogP contribution in [0.2, 0.25) is 0 Å². The average molecular weight is 1350 g/mol. The molecule has 4 heteroatoms. The molecule has 9 aromatic carbocycles. The number of hydrogen-bond acceptors (Lipinski definition) is 2. The highest BCUT2D eigenvalue weighted by molar-refractivity contribution is 7.25. The van der Waals surface area contributed by atoms with E-state index in [9.17, 15) is 0 Å². The Labute approximate surface area is 603 Å². The number of nitrogens with one attached hydrogen (secondary N) is 2. The van der Waals surface area contributed by atoms with Crippen LogP contribution in [-0.2, 0) is 43.3 Å². The lowest BCUT2D eigenvalue weighted by atomic mass is 9.78. The zero-order valence-corrected chi connectivity index (χ0v) is 65.6. The second-order valence-electron chi connectivity index (χ2n) is 37.4. The predicted octanol–water partition coefficient (Wildman–Crippen LogP) is 28.7. The Bertz CT molecular complexity index is 5640. The Balaban J connectivity index is 1.24. The minimum absolute atomic E-state index is 0.0724. The maximum Gasteiger partial charge on any atom is 0.0553 e. The van der Waals surface area contributed by atoms with E-state index < -0.39 is 0 Å². The molecular formula is C96H102N2S2. The number of benzene rings is 9. The number of aromatic amines is 2. The monoisotopic (exact) mass is 1350 g/mol. The Kier molecular flexibility index (Phi) is 16.2. The molecule has 0 aliphatic heterocycles. The van der Waals surface area contributed by atoms with Gasteiger partial charge in [-0.2, -0.15) is 0 Å². The van der Waals surface area contributed by atoms with Crippen LogP contribution in [0.4, 0.5) is 0 Å². The molecule has 100 heavy (non-hydrogen) atoms. The first-order chi connectivity index (χ1) is 46.5. The summed E-state index contributed by atoms with van der Waals surface area (Å²) in [6.45, 7) is 56.5. The molecule has 2 N–H and O–H groups in total. The lowest BCUT2D eigenvalue weighted by Gasteiger charge is -2.26. The topological polar surface area (TPSA) is 31.6 Å². The van der Waals surface area contributed by atoms with Crippen LogP contribution in [0.5, 0.6) is 0 Å². The van der Waals surface area contributed by atoms with Crippen molar-refractivity contribution in [3.8, 4) is 56.3 Å². The fourth-order valence-corrected chi connectivity index (χ4v) is 16.6. The van der Waals surface area contributed by atoms with Gasteiger partial charge in [-0.15, -0.1) is 22.7 Å². The second kappa shape index (κ2) is 23.6. The van der Waals surface area contributed by atoms with Gasteiger partial charge in [0.25, 0.3) is 0 Å². The highest BCUT2D eigenvalue weighted by Crippen LogP contribution is 2.49. The Morgan fingerprint density at radius 1 is 0.230 bits per heavy atom. The first kappa shape index (κ1) is 68.7. The molecule has 14 rings (SSSR count). The van der Waals surface area contributed by atoms with Crippen molar-refractivity contribution in [2.45, 2.75) is 209 Å². The van der Waals surface area contributed by atoms with Gasteiger partial charge in [0.05, 0.1) is 26.8 Å². The molecule has 0 saturated carbocycles. The van der Waals surface area contributed by atoms with Crippen molar-refractivity contribution in [1.82, 2.24) is 9.97 Å². The zero-order chi connectivity index (χ0) is 71.7. The summed E-state index contributed by atoms with van der Waals surface area (Å²) in [5.74, 6) is 7.62. The van der Waals surface area contributed by atoms with E-state index >= 15 is 0 Å². The van der Waals surface area contributed by atoms with E-state index in [-0.39, 0.29) is 43.3 Å². The normalized spacial score (nSPS) is 13.3. The average Bonchev–Trinajstić information content (AvgIpc) is 1.56. The molecule has 8 bridgehead atoms. The first-order valence-corrected chi connectivity index (χ1v) is 37.9. The van der Waals surface area contributed by atoms with Crippen molar-refractivity contribution in [2.24, 2.45) is 0 Å². The van der Waals surface area contributed by atoms with Crippen molar-refractivity contribution in [3.63, 3.8) is 0 Å². The van der Waals surface area contributed by atoms with Crippen LogP contribution >= 0.6 is 22.7 Å². The molecule has 0 amide bonds. The van der Waals surface area contributed by atoms with Gasteiger partial charge in [0.15, 0.2) is 0 Å². The SMILES string of the molecule is CC(C)(C)c1cc(-c2cc3c4ccc(s4)c4cc(-c5cc(C(C)(C)C)cc(C(C)(C)C)c5)cc5c6cc(-c7cc(C(C)(C)C)cc(C(C)(C)C)c7)cc(c7sc(cc7C#Cc7ccccc7)c7cc(-c8cc(C(C)(C)C)cc(C(C)(C)C)c8)cc8c(c2)c3[nH]c78)c6[nH]c45)cc(C(C)(C)C)c1. The molecule has 0 aliphatic rings. The molecule has 0 atom stereocenters. The maximum absolute atomic E-state index is 4.33. The zero-order valence-electron chi connectivity index (χ0n) is 64.0. The van der Waals surface area contributed by atoms with Crippen LogP contribution in [-0.4, -0.2) is 9.97 Å². The fraction of sp³-hybridized carbons (Fsp3) is 0.333. The number of thiophene rings is 2. The van der Waals surface area contributed by atoms with Gasteiger partial charge < -0.3 is 9.97 Å². The molecule has 14 aromatic rings. The van der Waals surface area contributed by atoms with Gasteiger partial charge in [-0.3, -0.25) is 0 Å². The van der Waals surface area contributed by atoms with E-state index in [1.165, 1.54) is 131 Å². The van der Waals surface area contributed by atoms with E-state index in [1.807, 2.05) is 22.7 Å². The van der Waals surface area contributed by atoms with Gasteiger partial charge >= 0.3 is 0 Å². The molecule has 508 valence electrons. The lowest BCUT2D eigenvalue weighted by molar-refractivity contribution is 0.568. The quantitative estimate of drug-likeness (QED) is 0.165. The Morgan fingerprint density at radius 3 is 0.770 bits per heavy atom. The third-order valence-corrected chi connectivity index (χ3v) is 23.5. The number of rotatable bonds is 4. The van der Waals surface area contributed by atoms with Crippen LogP contribution < -0.4 is 0 Å². The van der Waals surface area contributed by atoms with Crippen LogP contribution in [0.15, 0.2) is 170 Å². The van der Waals surface area contributed by atoms with Crippen molar-refractivity contribution in [1.29, 1.82) is 0 Å². The smallest absolute Gasteiger partial charge is 0.0553 e. The number of H-pyrrole nitrogens is 2. The van der Waals surface area contributed by atoms with E-state index in [1.54, 1.807) is 0 Å². The van der Waals surface area contributed by atoms with Gasteiger partial charge in [0.2, 0.25) is 0 Å². The third-order valence-electron chi connectivity index (χ3n) is 21.1. The highest BCUT2D eigenvalue weighted by atomic mass is 32.1. The van der Waals surface area contributed by atoms with Gasteiger partial charge in [0, 0.05) is 68.3 Å². The largest absolute Gasteiger partial charge is 0.353 e. The molecule has 0 fully saturated rings. The molecule has 0 saturated heterocycles. The lowest BCUT2D eigenvalue weighted by Crippen LogP contribution is -2.16. The van der Waals surface area contributed by atoms with E-state index in [4.69, 9.17) is 0 Å². The van der Waals surface area contributed by atoms with Crippen molar-refractivity contribution >= 4 is 107 Å². The highest BCUT2D eigenvalue weighted by Gasteiger charge is 2.29. The summed E-state index contributed by atoms with van der Waals surface area (Å²) in [5.41, 5.74) is 26.2. The molecule has 0 unspecified atom stereocenters. The van der Waals surface area contributed by atoms with Crippen LogP contribution in [0.3, 0.4) is 0 Å². The van der Waals surface area contributed by atoms with E-state index in [0.29, 0.717) is 0 Å². The summed E-state index contributed by atoms with van der Waals surface area (Å²) in [4.78, 5) is 8.64. The predicted molar refractivity (Wildman–Crippen MR) is 444 cm³/mol. The summed E-state index contributed by atoms with van der Waals surface area (Å²) in [6.07, 6.45) is 0. The van der Waals surface area contributed by atoms with Gasteiger partial charge in [0.1, 0.15) is 0 Å². The van der Waals surface area contributed by atoms with Crippen molar-refractivity contribution in [2.75, 3.05) is 0 Å². The molecule has 0 radical (unpaired) electrons. The molecule has 2 nitrogen and oxygen atoms in total. The Hall–Kier alpha value is -8.46. The molecule has 5 aromatic heterocycles. The maximum atomic E-state index is 4.33. The van der Waals surface area contributed by atoms with Gasteiger partial charge in [-0.05, 0) is 211 Å². The minimum atomic E-state index is -0.0903. The summed E-state index contributed by atoms with van der Waals surface area (Å²) in [5, 5.41) is 9.49. The summed E-state index contributed by atoms with van der Waals surface area (Å²) >= 11 is 3.78. The molecule has 5 heterocycles. The first-order valence-electron chi connectivity index (χ1n) is 36.3. The molecular weight excluding hydrogens is 1250 g/mol. The number of aromatic nitrogens is 2. The van der Waals surface area contributed by atoms with E-state index in [0.717, 1.165) is 53.4 Å². The number of fused-ring (bicyclic) bond motifs is 10. The molecule has 0 spiro atoms. The second-order valence-corrected chi connectivity index (χ2v) is 39.5. The van der Waals surface area contributed by atoms with Crippen LogP contribution in [0.1, 0.15) is 222 Å². The van der Waals surface area contributed by atoms with Gasteiger partial charge in [-0.25, -0.2) is 0 Å².